The molecule has 0 spiro atoms. The second-order valence-corrected chi connectivity index (χ2v) is 10.9. The van der Waals surface area contributed by atoms with Crippen LogP contribution in [0.3, 0.4) is 0 Å². The Morgan fingerprint density at radius 1 is 1.24 bits per heavy atom. The molecule has 0 saturated heterocycles. The molecule has 0 radical (unpaired) electrons. The molecule has 10 heteroatoms. The van der Waals surface area contributed by atoms with Crippen LogP contribution in [0.2, 0.25) is 0 Å². The van der Waals surface area contributed by atoms with Crippen molar-refractivity contribution in [3.8, 4) is 22.6 Å². The third kappa shape index (κ3) is 5.46. The second kappa shape index (κ2) is 10.8. The summed E-state index contributed by atoms with van der Waals surface area (Å²) in [6.45, 7) is 8.72. The molecule has 0 aliphatic rings. The monoisotopic (exact) mass is 559 g/mol. The molecular formula is C23H22BrN5OS3. The minimum Gasteiger partial charge on any atom is -0.301 e. The predicted octanol–water partition coefficient (Wildman–Crippen LogP) is 6.68. The molecule has 0 aliphatic heterocycles. The molecule has 1 N–H and O–H groups in total. The van der Waals surface area contributed by atoms with E-state index in [1.807, 2.05) is 40.3 Å². The molecule has 1 amide bonds. The Kier molecular flexibility index (Phi) is 7.79. The van der Waals surface area contributed by atoms with Crippen LogP contribution in [0.15, 0.2) is 57.3 Å². The van der Waals surface area contributed by atoms with Crippen LogP contribution in [0.5, 0.6) is 0 Å². The molecule has 6 nitrogen and oxygen atoms in total. The molecule has 0 unspecified atom stereocenters. The zero-order valence-corrected chi connectivity index (χ0v) is 22.2. The number of nitrogens with one attached hydrogen (secondary N) is 1. The average Bonchev–Trinajstić information content (AvgIpc) is 3.52. The maximum absolute atomic E-state index is 12.6. The fourth-order valence-corrected chi connectivity index (χ4v) is 6.05. The highest BCUT2D eigenvalue weighted by Gasteiger charge is 2.19. The molecule has 3 heterocycles. The quantitative estimate of drug-likeness (QED) is 0.183. The first kappa shape index (κ1) is 23.9. The zero-order valence-electron chi connectivity index (χ0n) is 18.2. The van der Waals surface area contributed by atoms with Crippen molar-refractivity contribution in [2.75, 3.05) is 11.1 Å². The Morgan fingerprint density at radius 3 is 2.76 bits per heavy atom. The van der Waals surface area contributed by atoms with E-state index in [1.54, 1.807) is 11.3 Å². The van der Waals surface area contributed by atoms with Crippen molar-refractivity contribution in [3.05, 3.63) is 62.6 Å². The van der Waals surface area contributed by atoms with E-state index in [-0.39, 0.29) is 11.7 Å². The first-order valence-electron chi connectivity index (χ1n) is 10.3. The normalized spacial score (nSPS) is 11.0. The summed E-state index contributed by atoms with van der Waals surface area (Å²) in [6.07, 6.45) is 2.76. The Bertz CT molecular complexity index is 1280. The summed E-state index contributed by atoms with van der Waals surface area (Å²) in [6, 6.07) is 7.92. The molecule has 0 bridgehead atoms. The fourth-order valence-electron chi connectivity index (χ4n) is 3.36. The number of benzene rings is 1. The van der Waals surface area contributed by atoms with Crippen LogP contribution in [0.1, 0.15) is 17.4 Å². The van der Waals surface area contributed by atoms with E-state index in [1.165, 1.54) is 33.5 Å². The fraction of sp³-hybridized carbons (Fsp3) is 0.217. The topological polar surface area (TPSA) is 72.7 Å². The third-order valence-electron chi connectivity index (χ3n) is 4.95. The van der Waals surface area contributed by atoms with Gasteiger partial charge in [0, 0.05) is 37.8 Å². The minimum absolute atomic E-state index is 0.132. The standard InChI is InChI=1S/C23H22BrN5OS3/c1-4-10-29-21(18-11-31-14(3)17(18)5-2)27-28-23(29)33-13-20(30)26-22-25-19(12-32-22)15-6-8-16(24)9-7-15/h4,6-9,11-12H,1,5,10,13H2,2-3H3,(H,25,26,30). The summed E-state index contributed by atoms with van der Waals surface area (Å²) in [4.78, 5) is 18.4. The van der Waals surface area contributed by atoms with Gasteiger partial charge in [-0.1, -0.05) is 52.8 Å². The van der Waals surface area contributed by atoms with Crippen LogP contribution in [-0.2, 0) is 17.8 Å². The molecule has 170 valence electrons. The van der Waals surface area contributed by atoms with Crippen molar-refractivity contribution in [3.63, 3.8) is 0 Å². The lowest BCUT2D eigenvalue weighted by atomic mass is 10.1. The molecule has 1 aromatic carbocycles. The Labute approximate surface area is 213 Å². The number of rotatable bonds is 9. The number of thiazole rings is 1. The number of thiophene rings is 1. The molecule has 0 saturated carbocycles. The van der Waals surface area contributed by atoms with Gasteiger partial charge in [-0.25, -0.2) is 4.98 Å². The van der Waals surface area contributed by atoms with Gasteiger partial charge in [0.15, 0.2) is 16.1 Å². The van der Waals surface area contributed by atoms with Crippen molar-refractivity contribution in [2.24, 2.45) is 0 Å². The number of amides is 1. The summed E-state index contributed by atoms with van der Waals surface area (Å²) in [5.41, 5.74) is 4.24. The number of carbonyl (C=O) groups excluding carboxylic acids is 1. The van der Waals surface area contributed by atoms with Gasteiger partial charge in [0.25, 0.3) is 0 Å². The molecule has 0 aliphatic carbocycles. The number of carbonyl (C=O) groups is 1. The van der Waals surface area contributed by atoms with Gasteiger partial charge >= 0.3 is 0 Å². The second-order valence-electron chi connectivity index (χ2n) is 7.12. The number of thioether (sulfide) groups is 1. The first-order valence-corrected chi connectivity index (χ1v) is 13.8. The first-order chi connectivity index (χ1) is 16.0. The van der Waals surface area contributed by atoms with E-state index in [9.17, 15) is 4.79 Å². The van der Waals surface area contributed by atoms with Crippen molar-refractivity contribution >= 4 is 61.4 Å². The van der Waals surface area contributed by atoms with E-state index < -0.39 is 0 Å². The van der Waals surface area contributed by atoms with E-state index in [0.717, 1.165) is 33.5 Å². The largest absolute Gasteiger partial charge is 0.301 e. The van der Waals surface area contributed by atoms with Gasteiger partial charge in [-0.05, 0) is 31.0 Å². The summed E-state index contributed by atoms with van der Waals surface area (Å²) >= 11 is 7.93. The average molecular weight is 561 g/mol. The number of nitrogens with zero attached hydrogens (tertiary/aromatic N) is 4. The van der Waals surface area contributed by atoms with E-state index in [4.69, 9.17) is 0 Å². The van der Waals surface area contributed by atoms with Crippen molar-refractivity contribution in [1.29, 1.82) is 0 Å². The number of halogens is 1. The predicted molar refractivity (Wildman–Crippen MR) is 142 cm³/mol. The van der Waals surface area contributed by atoms with Crippen molar-refractivity contribution in [1.82, 2.24) is 19.7 Å². The van der Waals surface area contributed by atoms with E-state index in [0.29, 0.717) is 16.8 Å². The van der Waals surface area contributed by atoms with Crippen LogP contribution < -0.4 is 5.32 Å². The zero-order chi connectivity index (χ0) is 23.4. The van der Waals surface area contributed by atoms with E-state index in [2.05, 4.69) is 62.2 Å². The summed E-state index contributed by atoms with van der Waals surface area (Å²) in [5.74, 6) is 0.899. The molecule has 0 atom stereocenters. The van der Waals surface area contributed by atoms with Crippen molar-refractivity contribution < 1.29 is 4.79 Å². The van der Waals surface area contributed by atoms with Crippen LogP contribution in [0.4, 0.5) is 5.13 Å². The molecule has 4 aromatic rings. The Balaban J connectivity index is 1.44. The van der Waals surface area contributed by atoms with Gasteiger partial charge < -0.3 is 5.32 Å². The maximum Gasteiger partial charge on any atom is 0.236 e. The third-order valence-corrected chi connectivity index (χ3v) is 8.16. The van der Waals surface area contributed by atoms with Crippen LogP contribution in [0, 0.1) is 6.92 Å². The minimum atomic E-state index is -0.132. The number of anilines is 1. The lowest BCUT2D eigenvalue weighted by Crippen LogP contribution is -2.14. The number of hydrogen-bond donors (Lipinski definition) is 1. The van der Waals surface area contributed by atoms with Gasteiger partial charge in [0.1, 0.15) is 0 Å². The lowest BCUT2D eigenvalue weighted by Gasteiger charge is -2.08. The molecule has 3 aromatic heterocycles. The van der Waals surface area contributed by atoms with Crippen LogP contribution in [0.25, 0.3) is 22.6 Å². The summed E-state index contributed by atoms with van der Waals surface area (Å²) in [7, 11) is 0. The van der Waals surface area contributed by atoms with E-state index >= 15 is 0 Å². The van der Waals surface area contributed by atoms with Crippen LogP contribution in [-0.4, -0.2) is 31.4 Å². The number of aromatic nitrogens is 4. The molecular weight excluding hydrogens is 538 g/mol. The lowest BCUT2D eigenvalue weighted by molar-refractivity contribution is -0.113. The van der Waals surface area contributed by atoms with Gasteiger partial charge in [0.2, 0.25) is 5.91 Å². The van der Waals surface area contributed by atoms with Gasteiger partial charge in [-0.15, -0.1) is 39.4 Å². The van der Waals surface area contributed by atoms with Gasteiger partial charge in [0.05, 0.1) is 11.4 Å². The molecule has 33 heavy (non-hydrogen) atoms. The van der Waals surface area contributed by atoms with Gasteiger partial charge in [-0.2, -0.15) is 0 Å². The number of allylic oxidation sites excluding steroid dienone is 1. The Morgan fingerprint density at radius 2 is 2.03 bits per heavy atom. The molecule has 4 rings (SSSR count). The Hall–Kier alpha value is -2.27. The van der Waals surface area contributed by atoms with Gasteiger partial charge in [-0.3, -0.25) is 9.36 Å². The highest BCUT2D eigenvalue weighted by atomic mass is 79.9. The van der Waals surface area contributed by atoms with Crippen LogP contribution >= 0.6 is 50.4 Å². The number of aryl methyl sites for hydroxylation is 1. The summed E-state index contributed by atoms with van der Waals surface area (Å²) in [5, 5.41) is 17.0. The highest BCUT2D eigenvalue weighted by Crippen LogP contribution is 2.33. The SMILES string of the molecule is C=CCn1c(SCC(=O)Nc2nc(-c3ccc(Br)cc3)cs2)nnc1-c1csc(C)c1CC. The maximum atomic E-state index is 12.6. The smallest absolute Gasteiger partial charge is 0.236 e. The molecule has 0 fully saturated rings. The van der Waals surface area contributed by atoms with Crippen molar-refractivity contribution in [2.45, 2.75) is 32.0 Å². The summed E-state index contributed by atoms with van der Waals surface area (Å²) < 4.78 is 3.03. The highest BCUT2D eigenvalue weighted by molar-refractivity contribution is 9.10. The number of hydrogen-bond acceptors (Lipinski definition) is 7.